The lowest BCUT2D eigenvalue weighted by molar-refractivity contribution is -0.111. The molecule has 0 saturated heterocycles. The molecule has 1 aliphatic carbocycles. The van der Waals surface area contributed by atoms with Crippen molar-refractivity contribution in [2.24, 2.45) is 5.92 Å². The molecule has 7 heteroatoms. The van der Waals surface area contributed by atoms with Gasteiger partial charge in [0, 0.05) is 12.0 Å². The Morgan fingerprint density at radius 1 is 1.20 bits per heavy atom. The van der Waals surface area contributed by atoms with Gasteiger partial charge in [-0.3, -0.25) is 9.52 Å². The Balaban J connectivity index is 1.65. The molecular formula is C18H20N2O4S. The standard InChI is InChI=1S/C18H20N2O4S/c1-12-11-14(12)17-9-7-13(24-17)8-10-18(21)19-15-5-3-4-6-16(15)20-25(2,22)23/h3-10,12,14,20H,11H2,1-2H3,(H,19,21). The number of carbonyl (C=O) groups excluding carboxylic acids is 1. The quantitative estimate of drug-likeness (QED) is 0.773. The van der Waals surface area contributed by atoms with Crippen LogP contribution in [-0.4, -0.2) is 20.6 Å². The summed E-state index contributed by atoms with van der Waals surface area (Å²) in [5.41, 5.74) is 0.698. The average Bonchev–Trinajstić information content (AvgIpc) is 3.07. The van der Waals surface area contributed by atoms with Crippen molar-refractivity contribution in [3.8, 4) is 0 Å². The smallest absolute Gasteiger partial charge is 0.248 e. The SMILES string of the molecule is CC1CC1c1ccc(C=CC(=O)Nc2ccccc2NS(C)(=O)=O)o1. The normalized spacial score (nSPS) is 19.8. The van der Waals surface area contributed by atoms with Gasteiger partial charge in [-0.2, -0.15) is 0 Å². The number of carbonyl (C=O) groups is 1. The van der Waals surface area contributed by atoms with Crippen LogP contribution in [0.1, 0.15) is 30.8 Å². The van der Waals surface area contributed by atoms with E-state index in [4.69, 9.17) is 4.42 Å². The molecule has 1 amide bonds. The molecule has 0 spiro atoms. The van der Waals surface area contributed by atoms with Gasteiger partial charge in [-0.05, 0) is 42.7 Å². The lowest BCUT2D eigenvalue weighted by atomic mass is 10.2. The fourth-order valence-corrected chi connectivity index (χ4v) is 3.17. The van der Waals surface area contributed by atoms with Gasteiger partial charge >= 0.3 is 0 Å². The molecule has 2 atom stereocenters. The summed E-state index contributed by atoms with van der Waals surface area (Å²) < 4.78 is 30.8. The molecule has 1 aliphatic rings. The molecule has 1 aromatic carbocycles. The summed E-state index contributed by atoms with van der Waals surface area (Å²) in [6.45, 7) is 2.18. The molecule has 0 aliphatic heterocycles. The molecule has 3 rings (SSSR count). The van der Waals surface area contributed by atoms with E-state index in [1.807, 2.05) is 12.1 Å². The minimum atomic E-state index is -3.43. The van der Waals surface area contributed by atoms with Crippen LogP contribution in [0.2, 0.25) is 0 Å². The second-order valence-corrected chi connectivity index (χ2v) is 8.05. The van der Waals surface area contributed by atoms with Gasteiger partial charge in [0.05, 0.1) is 17.6 Å². The summed E-state index contributed by atoms with van der Waals surface area (Å²) in [4.78, 5) is 12.1. The maximum atomic E-state index is 12.1. The highest BCUT2D eigenvalue weighted by molar-refractivity contribution is 7.92. The Labute approximate surface area is 147 Å². The summed E-state index contributed by atoms with van der Waals surface area (Å²) in [7, 11) is -3.43. The third-order valence-corrected chi connectivity index (χ3v) is 4.59. The van der Waals surface area contributed by atoms with Crippen LogP contribution >= 0.6 is 0 Å². The summed E-state index contributed by atoms with van der Waals surface area (Å²) in [5, 5.41) is 2.66. The number of nitrogens with one attached hydrogen (secondary N) is 2. The van der Waals surface area contributed by atoms with Gasteiger partial charge in [0.1, 0.15) is 11.5 Å². The molecular weight excluding hydrogens is 340 g/mol. The van der Waals surface area contributed by atoms with E-state index in [-0.39, 0.29) is 5.91 Å². The van der Waals surface area contributed by atoms with Crippen LogP contribution in [0.5, 0.6) is 0 Å². The van der Waals surface area contributed by atoms with Crippen LogP contribution in [0.25, 0.3) is 6.08 Å². The largest absolute Gasteiger partial charge is 0.461 e. The minimum Gasteiger partial charge on any atom is -0.461 e. The number of hydrogen-bond donors (Lipinski definition) is 2. The van der Waals surface area contributed by atoms with E-state index in [0.717, 1.165) is 18.4 Å². The molecule has 1 heterocycles. The topological polar surface area (TPSA) is 88.4 Å². The first-order valence-corrected chi connectivity index (χ1v) is 9.86. The zero-order valence-corrected chi connectivity index (χ0v) is 14.8. The Kier molecular flexibility index (Phi) is 4.67. The van der Waals surface area contributed by atoms with Crippen LogP contribution < -0.4 is 10.0 Å². The number of rotatable bonds is 6. The Hall–Kier alpha value is -2.54. The Morgan fingerprint density at radius 2 is 1.88 bits per heavy atom. The molecule has 2 aromatic rings. The second-order valence-electron chi connectivity index (χ2n) is 6.30. The first-order chi connectivity index (χ1) is 11.8. The van der Waals surface area contributed by atoms with Crippen LogP contribution in [0, 0.1) is 5.92 Å². The van der Waals surface area contributed by atoms with Crippen molar-refractivity contribution in [3.63, 3.8) is 0 Å². The van der Waals surface area contributed by atoms with E-state index in [2.05, 4.69) is 17.0 Å². The van der Waals surface area contributed by atoms with Crippen LogP contribution in [0.4, 0.5) is 11.4 Å². The molecule has 6 nitrogen and oxygen atoms in total. The first-order valence-electron chi connectivity index (χ1n) is 7.97. The van der Waals surface area contributed by atoms with Crippen molar-refractivity contribution in [2.45, 2.75) is 19.3 Å². The molecule has 2 unspecified atom stereocenters. The fraction of sp³-hybridized carbons (Fsp3) is 0.278. The number of para-hydroxylation sites is 2. The number of anilines is 2. The van der Waals surface area contributed by atoms with Gasteiger partial charge in [-0.15, -0.1) is 0 Å². The van der Waals surface area contributed by atoms with Gasteiger partial charge in [-0.1, -0.05) is 19.1 Å². The third-order valence-electron chi connectivity index (χ3n) is 4.00. The minimum absolute atomic E-state index is 0.315. The molecule has 0 radical (unpaired) electrons. The van der Waals surface area contributed by atoms with Gasteiger partial charge in [-0.25, -0.2) is 8.42 Å². The highest BCUT2D eigenvalue weighted by Gasteiger charge is 2.36. The van der Waals surface area contributed by atoms with E-state index in [0.29, 0.717) is 29.0 Å². The summed E-state index contributed by atoms with van der Waals surface area (Å²) in [6.07, 6.45) is 5.15. The van der Waals surface area contributed by atoms with Crippen molar-refractivity contribution in [1.29, 1.82) is 0 Å². The number of hydrogen-bond acceptors (Lipinski definition) is 4. The number of amides is 1. The number of furan rings is 1. The van der Waals surface area contributed by atoms with Crippen molar-refractivity contribution in [1.82, 2.24) is 0 Å². The van der Waals surface area contributed by atoms with Crippen molar-refractivity contribution >= 4 is 33.4 Å². The van der Waals surface area contributed by atoms with Gasteiger partial charge in [0.25, 0.3) is 0 Å². The van der Waals surface area contributed by atoms with Gasteiger partial charge in [0.15, 0.2) is 0 Å². The van der Waals surface area contributed by atoms with E-state index < -0.39 is 10.0 Å². The van der Waals surface area contributed by atoms with Crippen molar-refractivity contribution in [2.75, 3.05) is 16.3 Å². The lowest BCUT2D eigenvalue weighted by Crippen LogP contribution is -2.14. The van der Waals surface area contributed by atoms with E-state index in [1.165, 1.54) is 6.08 Å². The van der Waals surface area contributed by atoms with Crippen molar-refractivity contribution < 1.29 is 17.6 Å². The van der Waals surface area contributed by atoms with Crippen molar-refractivity contribution in [3.05, 3.63) is 54.0 Å². The average molecular weight is 360 g/mol. The Morgan fingerprint density at radius 3 is 2.52 bits per heavy atom. The molecule has 25 heavy (non-hydrogen) atoms. The molecule has 2 N–H and O–H groups in total. The summed E-state index contributed by atoms with van der Waals surface area (Å²) >= 11 is 0. The molecule has 1 saturated carbocycles. The van der Waals surface area contributed by atoms with Gasteiger partial charge in [0.2, 0.25) is 15.9 Å². The van der Waals surface area contributed by atoms with E-state index >= 15 is 0 Å². The zero-order valence-electron chi connectivity index (χ0n) is 14.0. The third kappa shape index (κ3) is 4.73. The van der Waals surface area contributed by atoms with Gasteiger partial charge < -0.3 is 9.73 Å². The monoisotopic (exact) mass is 360 g/mol. The zero-order chi connectivity index (χ0) is 18.0. The molecule has 1 aromatic heterocycles. The Bertz CT molecular complexity index is 915. The number of sulfonamides is 1. The van der Waals surface area contributed by atoms with Crippen LogP contribution in [0.15, 0.2) is 46.9 Å². The van der Waals surface area contributed by atoms with Crippen LogP contribution in [-0.2, 0) is 14.8 Å². The fourth-order valence-electron chi connectivity index (χ4n) is 2.59. The van der Waals surface area contributed by atoms with Crippen LogP contribution in [0.3, 0.4) is 0 Å². The second kappa shape index (κ2) is 6.76. The maximum absolute atomic E-state index is 12.1. The predicted molar refractivity (Wildman–Crippen MR) is 97.8 cm³/mol. The highest BCUT2D eigenvalue weighted by atomic mass is 32.2. The molecule has 0 bridgehead atoms. The summed E-state index contributed by atoms with van der Waals surface area (Å²) in [5.74, 6) is 2.34. The van der Waals surface area contributed by atoms with E-state index in [1.54, 1.807) is 30.3 Å². The first kappa shape index (κ1) is 17.3. The lowest BCUT2D eigenvalue weighted by Gasteiger charge is -2.10. The molecule has 1 fully saturated rings. The number of benzene rings is 1. The predicted octanol–water partition coefficient (Wildman–Crippen LogP) is 3.43. The molecule has 132 valence electrons. The summed E-state index contributed by atoms with van der Waals surface area (Å²) in [6, 6.07) is 10.4. The highest BCUT2D eigenvalue weighted by Crippen LogP contribution is 2.47. The van der Waals surface area contributed by atoms with E-state index in [9.17, 15) is 13.2 Å². The maximum Gasteiger partial charge on any atom is 0.248 e.